The highest BCUT2D eigenvalue weighted by Crippen LogP contribution is 2.48. The van der Waals surface area contributed by atoms with E-state index in [1.165, 1.54) is 12.8 Å². The molecule has 0 aromatic heterocycles. The Kier molecular flexibility index (Phi) is 5.04. The van der Waals surface area contributed by atoms with Gasteiger partial charge in [0.2, 0.25) is 5.91 Å². The highest BCUT2D eigenvalue weighted by molar-refractivity contribution is 5.82. The molecule has 28 heavy (non-hydrogen) atoms. The fraction of sp³-hybridized carbons (Fsp3) is 0.682. The monoisotopic (exact) mass is 389 g/mol. The minimum atomic E-state index is -0.572. The molecule has 2 N–H and O–H groups in total. The van der Waals surface area contributed by atoms with Gasteiger partial charge in [0.25, 0.3) is 0 Å². The summed E-state index contributed by atoms with van der Waals surface area (Å²) in [7, 11) is 1.63. The molecular weight excluding hydrogens is 358 g/mol. The second-order valence-corrected chi connectivity index (χ2v) is 9.03. The van der Waals surface area contributed by atoms with Gasteiger partial charge in [-0.15, -0.1) is 0 Å². The molecule has 1 aromatic rings. The molecule has 154 valence electrons. The van der Waals surface area contributed by atoms with Gasteiger partial charge in [0.15, 0.2) is 11.5 Å². The molecule has 1 amide bonds. The van der Waals surface area contributed by atoms with E-state index in [-0.39, 0.29) is 17.7 Å². The topological polar surface area (TPSA) is 79.2 Å². The summed E-state index contributed by atoms with van der Waals surface area (Å²) in [4.78, 5) is 14.5. The first-order valence-corrected chi connectivity index (χ1v) is 10.3. The minimum absolute atomic E-state index is 0.000550. The van der Waals surface area contributed by atoms with Gasteiger partial charge in [0.1, 0.15) is 0 Å². The van der Waals surface area contributed by atoms with Gasteiger partial charge >= 0.3 is 0 Å². The van der Waals surface area contributed by atoms with Crippen molar-refractivity contribution in [2.24, 2.45) is 17.3 Å². The van der Waals surface area contributed by atoms with Crippen LogP contribution in [0.4, 0.5) is 0 Å². The van der Waals surface area contributed by atoms with Gasteiger partial charge in [0.05, 0.1) is 31.8 Å². The zero-order chi connectivity index (χ0) is 20.1. The lowest BCUT2D eigenvalue weighted by Crippen LogP contribution is -2.38. The summed E-state index contributed by atoms with van der Waals surface area (Å²) in [5.41, 5.74) is 0.583. The van der Waals surface area contributed by atoms with Crippen LogP contribution in [-0.2, 0) is 4.79 Å². The molecule has 2 saturated carbocycles. The third-order valence-electron chi connectivity index (χ3n) is 6.83. The summed E-state index contributed by atoms with van der Waals surface area (Å²) in [5, 5.41) is 20.2. The van der Waals surface area contributed by atoms with E-state index in [1.54, 1.807) is 14.0 Å². The van der Waals surface area contributed by atoms with Crippen LogP contribution < -0.4 is 9.47 Å². The Bertz CT molecular complexity index is 746. The first kappa shape index (κ1) is 19.5. The summed E-state index contributed by atoms with van der Waals surface area (Å²) < 4.78 is 11.5. The smallest absolute Gasteiger partial charge is 0.228 e. The predicted octanol–water partition coefficient (Wildman–Crippen LogP) is 2.18. The molecule has 3 fully saturated rings. The van der Waals surface area contributed by atoms with Crippen molar-refractivity contribution in [1.82, 2.24) is 4.90 Å². The maximum Gasteiger partial charge on any atom is 0.228 e. The Labute approximate surface area is 166 Å². The SMILES string of the molecule is COc1ccc([C@@H]2CN(C(=O)C3C[C@@H]3O)CC2(C)[C@@H](C)O)cc1OCC1CC1. The second kappa shape index (κ2) is 7.23. The van der Waals surface area contributed by atoms with E-state index in [9.17, 15) is 15.0 Å². The lowest BCUT2D eigenvalue weighted by atomic mass is 9.72. The van der Waals surface area contributed by atoms with Gasteiger partial charge in [-0.25, -0.2) is 0 Å². The summed E-state index contributed by atoms with van der Waals surface area (Å²) in [6.07, 6.45) is 1.90. The number of benzene rings is 1. The summed E-state index contributed by atoms with van der Waals surface area (Å²) in [6, 6.07) is 5.93. The van der Waals surface area contributed by atoms with E-state index in [0.29, 0.717) is 37.8 Å². The number of ether oxygens (including phenoxy) is 2. The molecule has 0 spiro atoms. The first-order chi connectivity index (χ1) is 13.3. The number of aliphatic hydroxyl groups excluding tert-OH is 2. The highest BCUT2D eigenvalue weighted by Gasteiger charge is 2.52. The van der Waals surface area contributed by atoms with E-state index in [2.05, 4.69) is 0 Å². The van der Waals surface area contributed by atoms with Crippen LogP contribution in [-0.4, -0.2) is 60.0 Å². The lowest BCUT2D eigenvalue weighted by Gasteiger charge is -2.33. The highest BCUT2D eigenvalue weighted by atomic mass is 16.5. The lowest BCUT2D eigenvalue weighted by molar-refractivity contribution is -0.132. The number of likely N-dealkylation sites (tertiary alicyclic amines) is 1. The molecule has 6 heteroatoms. The van der Waals surface area contributed by atoms with Gasteiger partial charge in [-0.1, -0.05) is 13.0 Å². The molecule has 3 aliphatic rings. The average molecular weight is 389 g/mol. The molecule has 4 rings (SSSR count). The van der Waals surface area contributed by atoms with E-state index in [1.807, 2.05) is 30.0 Å². The van der Waals surface area contributed by atoms with Gasteiger partial charge in [-0.2, -0.15) is 0 Å². The van der Waals surface area contributed by atoms with Crippen LogP contribution in [0.25, 0.3) is 0 Å². The first-order valence-electron chi connectivity index (χ1n) is 10.3. The molecule has 0 bridgehead atoms. The predicted molar refractivity (Wildman–Crippen MR) is 104 cm³/mol. The zero-order valence-electron chi connectivity index (χ0n) is 16.9. The largest absolute Gasteiger partial charge is 0.493 e. The number of carbonyl (C=O) groups is 1. The Morgan fingerprint density at radius 1 is 1.36 bits per heavy atom. The van der Waals surface area contributed by atoms with Crippen molar-refractivity contribution in [3.63, 3.8) is 0 Å². The zero-order valence-corrected chi connectivity index (χ0v) is 16.9. The second-order valence-electron chi connectivity index (χ2n) is 9.03. The van der Waals surface area contributed by atoms with Crippen molar-refractivity contribution < 1.29 is 24.5 Å². The number of nitrogens with zero attached hydrogens (tertiary/aromatic N) is 1. The molecule has 5 atom stereocenters. The Morgan fingerprint density at radius 3 is 2.64 bits per heavy atom. The maximum atomic E-state index is 12.7. The van der Waals surface area contributed by atoms with E-state index >= 15 is 0 Å². The number of aliphatic hydroxyl groups is 2. The summed E-state index contributed by atoms with van der Waals surface area (Å²) in [5.74, 6) is 1.78. The fourth-order valence-electron chi connectivity index (χ4n) is 4.29. The molecule has 6 nitrogen and oxygen atoms in total. The molecule has 1 heterocycles. The van der Waals surface area contributed by atoms with E-state index in [0.717, 1.165) is 11.3 Å². The van der Waals surface area contributed by atoms with Crippen LogP contribution in [0, 0.1) is 17.3 Å². The number of methoxy groups -OCH3 is 1. The minimum Gasteiger partial charge on any atom is -0.493 e. The molecule has 1 aliphatic heterocycles. The number of rotatable bonds is 7. The number of amides is 1. The van der Waals surface area contributed by atoms with Gasteiger partial charge in [0, 0.05) is 24.4 Å². The van der Waals surface area contributed by atoms with E-state index in [4.69, 9.17) is 9.47 Å². The normalized spacial score (nSPS) is 32.9. The molecule has 2 aliphatic carbocycles. The van der Waals surface area contributed by atoms with Crippen LogP contribution in [0.5, 0.6) is 11.5 Å². The van der Waals surface area contributed by atoms with Crippen molar-refractivity contribution in [3.8, 4) is 11.5 Å². The fourth-order valence-corrected chi connectivity index (χ4v) is 4.29. The van der Waals surface area contributed by atoms with Gasteiger partial charge in [-0.3, -0.25) is 4.79 Å². The van der Waals surface area contributed by atoms with Crippen LogP contribution in [0.15, 0.2) is 18.2 Å². The summed E-state index contributed by atoms with van der Waals surface area (Å²) >= 11 is 0. The Morgan fingerprint density at radius 2 is 2.07 bits per heavy atom. The Balaban J connectivity index is 1.59. The van der Waals surface area contributed by atoms with Crippen molar-refractivity contribution in [2.75, 3.05) is 26.8 Å². The van der Waals surface area contributed by atoms with Crippen molar-refractivity contribution >= 4 is 5.91 Å². The quantitative estimate of drug-likeness (QED) is 0.747. The third kappa shape index (κ3) is 3.60. The van der Waals surface area contributed by atoms with Crippen LogP contribution >= 0.6 is 0 Å². The van der Waals surface area contributed by atoms with Crippen molar-refractivity contribution in [3.05, 3.63) is 23.8 Å². The Hall–Kier alpha value is -1.79. The molecular formula is C22H31NO5. The van der Waals surface area contributed by atoms with Gasteiger partial charge in [-0.05, 0) is 49.8 Å². The van der Waals surface area contributed by atoms with Crippen LogP contribution in [0.2, 0.25) is 0 Å². The molecule has 2 unspecified atom stereocenters. The standard InChI is InChI=1S/C22H31NO5/c1-13(24)22(2)12-23(21(26)16-9-18(16)25)10-17(22)15-6-7-19(27-3)20(8-15)28-11-14-4-5-14/h6-8,13-14,16-18,24-25H,4-5,9-12H2,1-3H3/t13-,16?,17+,18+,22?/m1/s1. The average Bonchev–Trinajstić information content (AvgIpc) is 3.59. The van der Waals surface area contributed by atoms with Crippen molar-refractivity contribution in [2.45, 2.75) is 51.2 Å². The van der Waals surface area contributed by atoms with E-state index < -0.39 is 17.6 Å². The molecule has 0 radical (unpaired) electrons. The van der Waals surface area contributed by atoms with Crippen molar-refractivity contribution in [1.29, 1.82) is 0 Å². The third-order valence-corrected chi connectivity index (χ3v) is 6.83. The number of hydrogen-bond acceptors (Lipinski definition) is 5. The molecule has 1 saturated heterocycles. The maximum absolute atomic E-state index is 12.7. The number of carbonyl (C=O) groups excluding carboxylic acids is 1. The summed E-state index contributed by atoms with van der Waals surface area (Å²) in [6.45, 7) is 5.55. The number of hydrogen-bond donors (Lipinski definition) is 2. The molecule has 1 aromatic carbocycles. The van der Waals surface area contributed by atoms with Crippen LogP contribution in [0.3, 0.4) is 0 Å². The van der Waals surface area contributed by atoms with Gasteiger partial charge < -0.3 is 24.6 Å². The van der Waals surface area contributed by atoms with Crippen LogP contribution in [0.1, 0.15) is 44.6 Å².